The van der Waals surface area contributed by atoms with Gasteiger partial charge in [0.1, 0.15) is 12.4 Å². The van der Waals surface area contributed by atoms with Gasteiger partial charge in [0.05, 0.1) is 5.75 Å². The van der Waals surface area contributed by atoms with Crippen LogP contribution in [0.2, 0.25) is 0 Å². The van der Waals surface area contributed by atoms with Crippen molar-refractivity contribution in [2.24, 2.45) is 0 Å². The maximum absolute atomic E-state index is 13.2. The maximum atomic E-state index is 13.2. The number of nitrogens with one attached hydrogen (secondary N) is 2. The fourth-order valence-electron chi connectivity index (χ4n) is 5.17. The minimum atomic E-state index is -0.351. The van der Waals surface area contributed by atoms with Gasteiger partial charge in [0.2, 0.25) is 5.91 Å². The highest BCUT2D eigenvalue weighted by Gasteiger charge is 2.23. The summed E-state index contributed by atoms with van der Waals surface area (Å²) >= 11 is 1.48. The van der Waals surface area contributed by atoms with Gasteiger partial charge >= 0.3 is 5.16 Å². The third-order valence-corrected chi connectivity index (χ3v) is 8.38. The fourth-order valence-corrected chi connectivity index (χ4v) is 6.01. The molecule has 1 aliphatic heterocycles. The SMILES string of the molecule is O=C(CSc1[nH]c2ccccc2[n+]1Cc1ccccc1)Nc1ccc(N2CCN(C(=O)c3ccc(F)cc3)CC2)cc1. The number of aromatic nitrogens is 2. The van der Waals surface area contributed by atoms with E-state index in [4.69, 9.17) is 0 Å². The van der Waals surface area contributed by atoms with E-state index in [1.165, 1.54) is 41.6 Å². The second-order valence-electron chi connectivity index (χ2n) is 10.2. The molecule has 0 radical (unpaired) electrons. The third kappa shape index (κ3) is 6.31. The Labute approximate surface area is 248 Å². The number of imidazole rings is 1. The molecule has 1 saturated heterocycles. The number of aromatic amines is 1. The number of para-hydroxylation sites is 2. The number of rotatable bonds is 8. The van der Waals surface area contributed by atoms with E-state index in [1.54, 1.807) is 4.90 Å². The highest BCUT2D eigenvalue weighted by Crippen LogP contribution is 2.22. The number of nitrogens with zero attached hydrogens (tertiary/aromatic N) is 3. The number of benzene rings is 4. The highest BCUT2D eigenvalue weighted by molar-refractivity contribution is 7.99. The van der Waals surface area contributed by atoms with Crippen LogP contribution in [-0.2, 0) is 11.3 Å². The first-order valence-corrected chi connectivity index (χ1v) is 14.9. The van der Waals surface area contributed by atoms with Gasteiger partial charge in [-0.25, -0.2) is 13.9 Å². The monoisotopic (exact) mass is 580 g/mol. The van der Waals surface area contributed by atoms with Crippen LogP contribution in [0.5, 0.6) is 0 Å². The molecule has 7 nitrogen and oxygen atoms in total. The minimum absolute atomic E-state index is 0.0782. The van der Waals surface area contributed by atoms with Crippen LogP contribution in [0.4, 0.5) is 15.8 Å². The number of anilines is 2. The molecule has 4 aromatic carbocycles. The number of piperazine rings is 1. The molecule has 1 aromatic heterocycles. The van der Waals surface area contributed by atoms with Crippen molar-refractivity contribution in [2.75, 3.05) is 42.1 Å². The number of carbonyl (C=O) groups is 2. The number of amides is 2. The van der Waals surface area contributed by atoms with Crippen molar-refractivity contribution in [3.8, 4) is 0 Å². The molecule has 0 unspecified atom stereocenters. The van der Waals surface area contributed by atoms with Crippen LogP contribution >= 0.6 is 11.8 Å². The molecular formula is C33H31FN5O2S+. The average Bonchev–Trinajstić information content (AvgIpc) is 3.38. The van der Waals surface area contributed by atoms with Crippen molar-refractivity contribution in [2.45, 2.75) is 11.7 Å². The van der Waals surface area contributed by atoms with Crippen LogP contribution in [0.25, 0.3) is 11.0 Å². The second kappa shape index (κ2) is 12.5. The summed E-state index contributed by atoms with van der Waals surface area (Å²) in [4.78, 5) is 33.1. The van der Waals surface area contributed by atoms with Crippen molar-refractivity contribution in [3.05, 3.63) is 120 Å². The number of hydrogen-bond donors (Lipinski definition) is 2. The lowest BCUT2D eigenvalue weighted by Gasteiger charge is -2.36. The van der Waals surface area contributed by atoms with E-state index in [0.717, 1.165) is 27.6 Å². The van der Waals surface area contributed by atoms with Gasteiger partial charge < -0.3 is 15.1 Å². The van der Waals surface area contributed by atoms with Gasteiger partial charge in [0, 0.05) is 43.1 Å². The predicted molar refractivity (Wildman–Crippen MR) is 164 cm³/mol. The number of carbonyl (C=O) groups excluding carboxylic acids is 2. The fraction of sp³-hybridized carbons (Fsp3) is 0.182. The maximum Gasteiger partial charge on any atom is 0.317 e. The summed E-state index contributed by atoms with van der Waals surface area (Å²) in [6.07, 6.45) is 0. The number of thioether (sulfide) groups is 1. The summed E-state index contributed by atoms with van der Waals surface area (Å²) in [7, 11) is 0. The lowest BCUT2D eigenvalue weighted by atomic mass is 10.1. The Hall–Kier alpha value is -4.63. The number of halogens is 1. The summed E-state index contributed by atoms with van der Waals surface area (Å²) in [5, 5.41) is 3.94. The standard InChI is InChI=1S/C33H30FN5O2S/c34-26-12-10-25(11-13-26)32(41)38-20-18-37(19-21-38)28-16-14-27(15-17-28)35-31(40)23-42-33-36-29-8-4-5-9-30(29)39(33)22-24-6-2-1-3-7-24/h1-17H,18-23H2,(H,35,40)/p+1. The summed E-state index contributed by atoms with van der Waals surface area (Å²) in [6, 6.07) is 31.9. The Balaban J connectivity index is 1.03. The zero-order valence-corrected chi connectivity index (χ0v) is 23.8. The molecule has 42 heavy (non-hydrogen) atoms. The molecule has 0 saturated carbocycles. The van der Waals surface area contributed by atoms with E-state index < -0.39 is 0 Å². The minimum Gasteiger partial charge on any atom is -0.368 e. The van der Waals surface area contributed by atoms with E-state index in [9.17, 15) is 14.0 Å². The van der Waals surface area contributed by atoms with Crippen LogP contribution in [0.1, 0.15) is 15.9 Å². The normalized spacial score (nSPS) is 13.4. The number of hydrogen-bond acceptors (Lipinski definition) is 4. The summed E-state index contributed by atoms with van der Waals surface area (Å²) in [5.74, 6) is -0.238. The summed E-state index contributed by atoms with van der Waals surface area (Å²) in [5.41, 5.74) is 5.60. The van der Waals surface area contributed by atoms with Crippen LogP contribution < -0.4 is 14.8 Å². The third-order valence-electron chi connectivity index (χ3n) is 7.38. The summed E-state index contributed by atoms with van der Waals surface area (Å²) < 4.78 is 15.4. The van der Waals surface area contributed by atoms with Gasteiger partial charge in [-0.3, -0.25) is 9.59 Å². The molecule has 0 atom stereocenters. The molecule has 5 aromatic rings. The van der Waals surface area contributed by atoms with E-state index in [2.05, 4.69) is 38.0 Å². The molecule has 1 fully saturated rings. The van der Waals surface area contributed by atoms with E-state index >= 15 is 0 Å². The van der Waals surface area contributed by atoms with Crippen LogP contribution in [0.15, 0.2) is 108 Å². The van der Waals surface area contributed by atoms with Crippen molar-refractivity contribution < 1.29 is 18.5 Å². The highest BCUT2D eigenvalue weighted by atomic mass is 32.2. The van der Waals surface area contributed by atoms with Crippen LogP contribution in [0.3, 0.4) is 0 Å². The Bertz CT molecular complexity index is 1680. The second-order valence-corrected chi connectivity index (χ2v) is 11.2. The van der Waals surface area contributed by atoms with Crippen LogP contribution in [0, 0.1) is 5.82 Å². The molecular weight excluding hydrogens is 549 g/mol. The lowest BCUT2D eigenvalue weighted by molar-refractivity contribution is -0.700. The number of fused-ring (bicyclic) bond motifs is 1. The van der Waals surface area contributed by atoms with Gasteiger partial charge in [0.15, 0.2) is 11.0 Å². The predicted octanol–water partition coefficient (Wildman–Crippen LogP) is 5.34. The quantitative estimate of drug-likeness (QED) is 0.192. The van der Waals surface area contributed by atoms with Crippen molar-refractivity contribution in [1.82, 2.24) is 9.88 Å². The molecule has 9 heteroatoms. The van der Waals surface area contributed by atoms with E-state index in [-0.39, 0.29) is 23.4 Å². The number of H-pyrrole nitrogens is 1. The first-order valence-electron chi connectivity index (χ1n) is 13.9. The van der Waals surface area contributed by atoms with Gasteiger partial charge in [-0.15, -0.1) is 0 Å². The molecule has 6 rings (SSSR count). The lowest BCUT2D eigenvalue weighted by Crippen LogP contribution is -2.48. The van der Waals surface area contributed by atoms with Gasteiger partial charge in [-0.05, 0) is 78.0 Å². The molecule has 2 amide bonds. The smallest absolute Gasteiger partial charge is 0.317 e. The topological polar surface area (TPSA) is 72.3 Å². The van der Waals surface area contributed by atoms with Gasteiger partial charge in [-0.1, -0.05) is 42.5 Å². The largest absolute Gasteiger partial charge is 0.368 e. The molecule has 2 N–H and O–H groups in total. The molecule has 0 spiro atoms. The zero-order valence-electron chi connectivity index (χ0n) is 23.0. The zero-order chi connectivity index (χ0) is 28.9. The van der Waals surface area contributed by atoms with E-state index in [1.807, 2.05) is 60.7 Å². The first-order chi connectivity index (χ1) is 20.5. The van der Waals surface area contributed by atoms with Crippen LogP contribution in [-0.4, -0.2) is 53.6 Å². The molecule has 212 valence electrons. The summed E-state index contributed by atoms with van der Waals surface area (Å²) in [6.45, 7) is 3.28. The molecule has 0 aliphatic carbocycles. The van der Waals surface area contributed by atoms with Crippen molar-refractivity contribution in [3.63, 3.8) is 0 Å². The Morgan fingerprint density at radius 2 is 1.52 bits per heavy atom. The molecule has 2 heterocycles. The van der Waals surface area contributed by atoms with Gasteiger partial charge in [-0.2, -0.15) is 0 Å². The Morgan fingerprint density at radius 1 is 0.833 bits per heavy atom. The van der Waals surface area contributed by atoms with Crippen molar-refractivity contribution >= 4 is 46.0 Å². The van der Waals surface area contributed by atoms with Gasteiger partial charge in [0.25, 0.3) is 5.91 Å². The Kier molecular flexibility index (Phi) is 8.18. The Morgan fingerprint density at radius 3 is 2.26 bits per heavy atom. The average molecular weight is 581 g/mol. The van der Waals surface area contributed by atoms with E-state index in [0.29, 0.717) is 38.3 Å². The molecule has 0 bridgehead atoms. The first kappa shape index (κ1) is 27.5. The van der Waals surface area contributed by atoms with Crippen molar-refractivity contribution in [1.29, 1.82) is 0 Å². The molecule has 1 aliphatic rings.